The normalized spacial score (nSPS) is 26.3. The van der Waals surface area contributed by atoms with Crippen molar-refractivity contribution in [3.63, 3.8) is 0 Å². The quantitative estimate of drug-likeness (QED) is 0.297. The van der Waals surface area contributed by atoms with Gasteiger partial charge in [-0.15, -0.1) is 0 Å². The first-order chi connectivity index (χ1) is 16.7. The van der Waals surface area contributed by atoms with Crippen LogP contribution in [0.25, 0.3) is 0 Å². The maximum atomic E-state index is 4.82. The van der Waals surface area contributed by atoms with E-state index in [1.807, 2.05) is 0 Å². The summed E-state index contributed by atoms with van der Waals surface area (Å²) in [7, 11) is 0. The molecule has 0 bridgehead atoms. The van der Waals surface area contributed by atoms with Crippen LogP contribution in [0.3, 0.4) is 0 Å². The van der Waals surface area contributed by atoms with Gasteiger partial charge in [-0.25, -0.2) is 15.0 Å². The third-order valence-electron chi connectivity index (χ3n) is 7.47. The fraction of sp³-hybridized carbons (Fsp3) is 0.536. The lowest BCUT2D eigenvalue weighted by molar-refractivity contribution is 0.250. The Morgan fingerprint density at radius 3 is 2.76 bits per heavy atom. The van der Waals surface area contributed by atoms with Gasteiger partial charge in [0.2, 0.25) is 0 Å². The topological polar surface area (TPSA) is 39.1 Å². The Balaban J connectivity index is 1.03. The first-order valence-corrected chi connectivity index (χ1v) is 13.1. The Morgan fingerprint density at radius 1 is 1.12 bits per heavy atom. The summed E-state index contributed by atoms with van der Waals surface area (Å²) in [6.45, 7) is 10.7. The van der Waals surface area contributed by atoms with Gasteiger partial charge in [0.05, 0.1) is 24.2 Å². The fourth-order valence-corrected chi connectivity index (χ4v) is 5.48. The van der Waals surface area contributed by atoms with Crippen molar-refractivity contribution in [2.75, 3.05) is 38.0 Å². The van der Waals surface area contributed by atoms with Crippen molar-refractivity contribution in [3.8, 4) is 0 Å². The third kappa shape index (κ3) is 5.45. The molecule has 4 unspecified atom stereocenters. The summed E-state index contributed by atoms with van der Waals surface area (Å²) >= 11 is 0. The van der Waals surface area contributed by atoms with E-state index in [0.29, 0.717) is 12.2 Å². The Bertz CT molecular complexity index is 979. The molecule has 6 heteroatoms. The molecule has 5 rings (SSSR count). The average Bonchev–Trinajstić information content (AvgIpc) is 3.17. The first kappa shape index (κ1) is 23.3. The minimum Gasteiger partial charge on any atom is -0.385 e. The summed E-state index contributed by atoms with van der Waals surface area (Å²) in [5.41, 5.74) is 5.31. The molecule has 0 saturated carbocycles. The molecule has 0 spiro atoms. The number of rotatable bonds is 11. The smallest absolute Gasteiger partial charge is 0.0955 e. The highest BCUT2D eigenvalue weighted by Gasteiger charge is 2.52. The number of unbranched alkanes of at least 4 members (excludes halogenated alkanes) is 1. The molecule has 2 fully saturated rings. The van der Waals surface area contributed by atoms with Crippen LogP contribution in [0.4, 0.5) is 5.69 Å². The van der Waals surface area contributed by atoms with Crippen molar-refractivity contribution < 1.29 is 0 Å². The van der Waals surface area contributed by atoms with Crippen LogP contribution in [-0.2, 0) is 13.0 Å². The zero-order valence-electron chi connectivity index (χ0n) is 20.9. The molecule has 2 saturated heterocycles. The van der Waals surface area contributed by atoms with Crippen molar-refractivity contribution in [1.82, 2.24) is 24.5 Å². The Morgan fingerprint density at radius 2 is 1.97 bits per heavy atom. The van der Waals surface area contributed by atoms with E-state index < -0.39 is 0 Å². The minimum atomic E-state index is 0.584. The largest absolute Gasteiger partial charge is 0.385 e. The lowest BCUT2D eigenvalue weighted by atomic mass is 10.1. The predicted octanol–water partition coefficient (Wildman–Crippen LogP) is 4.77. The Hall–Kier alpha value is -2.41. The van der Waals surface area contributed by atoms with E-state index in [1.54, 1.807) is 0 Å². The number of aryl methyl sites for hydroxylation is 1. The first-order valence-electron chi connectivity index (χ1n) is 13.1. The summed E-state index contributed by atoms with van der Waals surface area (Å²) in [6.07, 6.45) is 17.6. The van der Waals surface area contributed by atoms with Crippen molar-refractivity contribution in [2.24, 2.45) is 0 Å². The Kier molecular flexibility index (Phi) is 7.48. The maximum absolute atomic E-state index is 4.82. The highest BCUT2D eigenvalue weighted by Crippen LogP contribution is 2.42. The van der Waals surface area contributed by atoms with Gasteiger partial charge in [0.15, 0.2) is 0 Å². The van der Waals surface area contributed by atoms with Gasteiger partial charge in [-0.1, -0.05) is 42.0 Å². The van der Waals surface area contributed by atoms with Gasteiger partial charge in [0.1, 0.15) is 0 Å². The standard InChI is InChI=1S/C28H40N6/c1-3-4-5-6-7-8-16-31-18-14-27-26(21-31)30-22-32(27)25-19-28-33(34(28)20-25)17-9-15-29-24-12-10-23(2)11-13-24/h3-4,7-8,10-13,22,25,28-29H,5-6,9,14-21H2,1-2H3/b4-3-,8-7+. The number of hydrogen-bond donors (Lipinski definition) is 1. The van der Waals surface area contributed by atoms with Crippen LogP contribution >= 0.6 is 0 Å². The van der Waals surface area contributed by atoms with Crippen LogP contribution in [0.2, 0.25) is 0 Å². The summed E-state index contributed by atoms with van der Waals surface area (Å²) in [4.78, 5) is 7.34. The molecule has 0 amide bonds. The maximum Gasteiger partial charge on any atom is 0.0955 e. The lowest BCUT2D eigenvalue weighted by Crippen LogP contribution is -2.32. The van der Waals surface area contributed by atoms with Crippen molar-refractivity contribution >= 4 is 5.69 Å². The SMILES string of the molecule is C/C=C\CC/C=C/CN1CCc2c(ncn2C2CC3N(CCCNc4ccc(C)cc4)N3C2)C1. The van der Waals surface area contributed by atoms with Crippen molar-refractivity contribution in [3.05, 3.63) is 71.8 Å². The number of hydrazine groups is 1. The molecule has 4 heterocycles. The van der Waals surface area contributed by atoms with Crippen LogP contribution in [-0.4, -0.2) is 63.4 Å². The van der Waals surface area contributed by atoms with E-state index in [2.05, 4.69) is 93.5 Å². The number of nitrogens with one attached hydrogen (secondary N) is 1. The van der Waals surface area contributed by atoms with Crippen LogP contribution in [0.5, 0.6) is 0 Å². The zero-order chi connectivity index (χ0) is 23.3. The molecule has 6 nitrogen and oxygen atoms in total. The van der Waals surface area contributed by atoms with E-state index in [-0.39, 0.29) is 0 Å². The van der Waals surface area contributed by atoms with E-state index in [1.165, 1.54) is 35.5 Å². The number of aromatic nitrogens is 2. The van der Waals surface area contributed by atoms with Gasteiger partial charge >= 0.3 is 0 Å². The molecule has 2 aromatic rings. The molecule has 34 heavy (non-hydrogen) atoms. The van der Waals surface area contributed by atoms with E-state index in [0.717, 1.165) is 58.5 Å². The minimum absolute atomic E-state index is 0.584. The van der Waals surface area contributed by atoms with Crippen molar-refractivity contribution in [2.45, 2.75) is 64.7 Å². The summed E-state index contributed by atoms with van der Waals surface area (Å²) in [6, 6.07) is 9.26. The van der Waals surface area contributed by atoms with Crippen LogP contribution in [0.15, 0.2) is 54.9 Å². The molecule has 1 aromatic heterocycles. The monoisotopic (exact) mass is 460 g/mol. The van der Waals surface area contributed by atoms with Crippen LogP contribution < -0.4 is 5.32 Å². The number of allylic oxidation sites excluding steroid dienone is 3. The number of fused-ring (bicyclic) bond motifs is 2. The second-order valence-corrected chi connectivity index (χ2v) is 9.95. The van der Waals surface area contributed by atoms with Gasteiger partial charge in [-0.2, -0.15) is 0 Å². The second kappa shape index (κ2) is 10.9. The van der Waals surface area contributed by atoms with E-state index >= 15 is 0 Å². The molecule has 0 aliphatic carbocycles. The molecule has 3 aliphatic rings. The van der Waals surface area contributed by atoms with Gasteiger partial charge in [-0.3, -0.25) is 4.90 Å². The number of hydrogen-bond acceptors (Lipinski definition) is 5. The predicted molar refractivity (Wildman–Crippen MR) is 140 cm³/mol. The van der Waals surface area contributed by atoms with Gasteiger partial charge < -0.3 is 9.88 Å². The van der Waals surface area contributed by atoms with Crippen LogP contribution in [0, 0.1) is 6.92 Å². The fourth-order valence-electron chi connectivity index (χ4n) is 5.48. The average molecular weight is 461 g/mol. The zero-order valence-corrected chi connectivity index (χ0v) is 20.9. The molecular formula is C28H40N6. The summed E-state index contributed by atoms with van der Waals surface area (Å²) in [5.74, 6) is 0. The Labute approximate surface area is 204 Å². The highest BCUT2D eigenvalue weighted by atomic mass is 15.9. The summed E-state index contributed by atoms with van der Waals surface area (Å²) in [5, 5.41) is 8.67. The van der Waals surface area contributed by atoms with Crippen molar-refractivity contribution in [1.29, 1.82) is 0 Å². The van der Waals surface area contributed by atoms with Crippen LogP contribution in [0.1, 0.15) is 55.6 Å². The lowest BCUT2D eigenvalue weighted by Gasteiger charge is -2.27. The number of imidazole rings is 1. The molecule has 1 N–H and O–H groups in total. The highest BCUT2D eigenvalue weighted by molar-refractivity contribution is 5.44. The van der Waals surface area contributed by atoms with E-state index in [9.17, 15) is 0 Å². The van der Waals surface area contributed by atoms with Gasteiger partial charge in [0.25, 0.3) is 0 Å². The summed E-state index contributed by atoms with van der Waals surface area (Å²) < 4.78 is 2.50. The molecule has 3 aliphatic heterocycles. The molecule has 182 valence electrons. The number of nitrogens with zero attached hydrogens (tertiary/aromatic N) is 5. The molecule has 0 radical (unpaired) electrons. The number of benzene rings is 1. The second-order valence-electron chi connectivity index (χ2n) is 9.95. The number of anilines is 1. The molecular weight excluding hydrogens is 420 g/mol. The van der Waals surface area contributed by atoms with Gasteiger partial charge in [-0.05, 0) is 45.2 Å². The molecule has 1 aromatic carbocycles. The molecule has 4 atom stereocenters. The van der Waals surface area contributed by atoms with Gasteiger partial charge in [0, 0.05) is 63.5 Å². The third-order valence-corrected chi connectivity index (χ3v) is 7.47. The van der Waals surface area contributed by atoms with E-state index in [4.69, 9.17) is 4.98 Å².